The molecule has 0 radical (unpaired) electrons. The van der Waals surface area contributed by atoms with Gasteiger partial charge in [0.15, 0.2) is 17.4 Å². The summed E-state index contributed by atoms with van der Waals surface area (Å²) in [6.45, 7) is 0. The van der Waals surface area contributed by atoms with E-state index in [1.165, 1.54) is 18.3 Å². The Morgan fingerprint density at radius 1 is 1.15 bits per heavy atom. The van der Waals surface area contributed by atoms with Gasteiger partial charge in [0.2, 0.25) is 17.5 Å². The van der Waals surface area contributed by atoms with Crippen molar-refractivity contribution < 1.29 is 27.1 Å². The Kier molecular flexibility index (Phi) is 3.55. The van der Waals surface area contributed by atoms with Gasteiger partial charge in [-0.1, -0.05) is 0 Å². The average molecular weight is 286 g/mol. The van der Waals surface area contributed by atoms with Gasteiger partial charge in [-0.05, 0) is 12.1 Å². The molecule has 2 aromatic rings. The molecule has 0 saturated carbocycles. The molecule has 1 aromatic carbocycles. The van der Waals surface area contributed by atoms with Crippen molar-refractivity contribution in [3.63, 3.8) is 0 Å². The number of nitrogens with two attached hydrogens (primary N) is 1. The number of hydrogen-bond donors (Lipinski definition) is 1. The lowest BCUT2D eigenvalue weighted by atomic mass is 10.2. The molecule has 0 aliphatic carbocycles. The maximum atomic E-state index is 13.4. The van der Waals surface area contributed by atoms with Crippen LogP contribution in [0.4, 0.5) is 17.6 Å². The van der Waals surface area contributed by atoms with E-state index in [2.05, 4.69) is 4.98 Å². The van der Waals surface area contributed by atoms with Crippen molar-refractivity contribution in [1.82, 2.24) is 4.98 Å². The zero-order chi connectivity index (χ0) is 14.9. The summed E-state index contributed by atoms with van der Waals surface area (Å²) in [6.07, 6.45) is 1.19. The highest BCUT2D eigenvalue weighted by Gasteiger charge is 2.22. The molecule has 1 aromatic heterocycles. The van der Waals surface area contributed by atoms with E-state index >= 15 is 0 Å². The third kappa shape index (κ3) is 2.40. The molecule has 0 aliphatic rings. The molecule has 0 unspecified atom stereocenters. The Balaban J connectivity index is 2.49. The summed E-state index contributed by atoms with van der Waals surface area (Å²) >= 11 is 0. The number of benzene rings is 1. The third-order valence-corrected chi connectivity index (χ3v) is 2.31. The molecule has 0 fully saturated rings. The molecule has 8 heteroatoms. The van der Waals surface area contributed by atoms with Crippen LogP contribution in [0.2, 0.25) is 0 Å². The number of aromatic nitrogens is 1. The van der Waals surface area contributed by atoms with Crippen LogP contribution >= 0.6 is 0 Å². The number of hydrogen-bond acceptors (Lipinski definition) is 3. The normalized spacial score (nSPS) is 10.4. The Morgan fingerprint density at radius 3 is 2.50 bits per heavy atom. The fraction of sp³-hybridized carbons (Fsp3) is 0. The predicted octanol–water partition coefficient (Wildman–Crippen LogP) is 2.53. The lowest BCUT2D eigenvalue weighted by Gasteiger charge is -2.09. The minimum absolute atomic E-state index is 0.225. The van der Waals surface area contributed by atoms with Crippen molar-refractivity contribution in [1.29, 1.82) is 0 Å². The second kappa shape index (κ2) is 5.16. The van der Waals surface area contributed by atoms with Gasteiger partial charge < -0.3 is 10.5 Å². The fourth-order valence-corrected chi connectivity index (χ4v) is 1.39. The molecule has 2 N–H and O–H groups in total. The van der Waals surface area contributed by atoms with Gasteiger partial charge in [0.1, 0.15) is 5.56 Å². The van der Waals surface area contributed by atoms with Gasteiger partial charge in [-0.3, -0.25) is 4.79 Å². The molecule has 1 amide bonds. The van der Waals surface area contributed by atoms with Crippen molar-refractivity contribution in [2.24, 2.45) is 5.73 Å². The van der Waals surface area contributed by atoms with Gasteiger partial charge >= 0.3 is 0 Å². The lowest BCUT2D eigenvalue weighted by Crippen LogP contribution is -2.13. The van der Waals surface area contributed by atoms with Crippen LogP contribution in [0.1, 0.15) is 10.4 Å². The first-order valence-corrected chi connectivity index (χ1v) is 5.17. The summed E-state index contributed by atoms with van der Waals surface area (Å²) in [5.74, 6) is -9.73. The van der Waals surface area contributed by atoms with E-state index in [1.807, 2.05) is 0 Å². The van der Waals surface area contributed by atoms with Crippen molar-refractivity contribution in [3.8, 4) is 11.6 Å². The number of ether oxygens (including phenoxy) is 1. The first kappa shape index (κ1) is 13.8. The van der Waals surface area contributed by atoms with E-state index in [1.54, 1.807) is 0 Å². The van der Waals surface area contributed by atoms with Gasteiger partial charge in [-0.25, -0.2) is 18.2 Å². The van der Waals surface area contributed by atoms with Gasteiger partial charge in [0.05, 0.1) is 0 Å². The van der Waals surface area contributed by atoms with Gasteiger partial charge in [-0.2, -0.15) is 4.39 Å². The highest BCUT2D eigenvalue weighted by Crippen LogP contribution is 2.29. The van der Waals surface area contributed by atoms with Crippen LogP contribution in [0.5, 0.6) is 11.6 Å². The molecular weight excluding hydrogens is 280 g/mol. The van der Waals surface area contributed by atoms with Crippen LogP contribution in [0.15, 0.2) is 24.4 Å². The minimum Gasteiger partial charge on any atom is -0.435 e. The van der Waals surface area contributed by atoms with Crippen LogP contribution < -0.4 is 10.5 Å². The molecule has 2 rings (SSSR count). The first-order chi connectivity index (χ1) is 9.41. The summed E-state index contributed by atoms with van der Waals surface area (Å²) in [5.41, 5.74) is 4.80. The van der Waals surface area contributed by atoms with E-state index in [-0.39, 0.29) is 5.56 Å². The van der Waals surface area contributed by atoms with Crippen LogP contribution in [0, 0.1) is 23.3 Å². The number of pyridine rings is 1. The smallest absolute Gasteiger partial charge is 0.254 e. The van der Waals surface area contributed by atoms with Crippen LogP contribution in [0.3, 0.4) is 0 Å². The number of amides is 1. The molecule has 0 aliphatic heterocycles. The Hall–Kier alpha value is -2.64. The highest BCUT2D eigenvalue weighted by atomic mass is 19.2. The Morgan fingerprint density at radius 2 is 1.85 bits per heavy atom. The molecule has 0 spiro atoms. The number of halogens is 4. The zero-order valence-corrected chi connectivity index (χ0v) is 9.66. The second-order valence-electron chi connectivity index (χ2n) is 3.62. The molecule has 1 heterocycles. The monoisotopic (exact) mass is 286 g/mol. The Labute approximate surface area is 109 Å². The van der Waals surface area contributed by atoms with Crippen LogP contribution in [0.25, 0.3) is 0 Å². The lowest BCUT2D eigenvalue weighted by molar-refractivity contribution is 0.0997. The fourth-order valence-electron chi connectivity index (χ4n) is 1.39. The molecule has 4 nitrogen and oxygen atoms in total. The quantitative estimate of drug-likeness (QED) is 0.535. The average Bonchev–Trinajstić information content (AvgIpc) is 2.43. The number of carbonyl (C=O) groups is 1. The highest BCUT2D eigenvalue weighted by molar-refractivity contribution is 5.95. The molecular formula is C12H6F4N2O2. The van der Waals surface area contributed by atoms with Crippen molar-refractivity contribution >= 4 is 5.91 Å². The largest absolute Gasteiger partial charge is 0.435 e. The summed E-state index contributed by atoms with van der Waals surface area (Å²) < 4.78 is 57.0. The molecule has 0 bridgehead atoms. The van der Waals surface area contributed by atoms with Crippen LogP contribution in [-0.2, 0) is 0 Å². The van der Waals surface area contributed by atoms with E-state index in [9.17, 15) is 22.4 Å². The zero-order valence-electron chi connectivity index (χ0n) is 9.66. The van der Waals surface area contributed by atoms with E-state index in [4.69, 9.17) is 10.5 Å². The predicted molar refractivity (Wildman–Crippen MR) is 59.1 cm³/mol. The summed E-state index contributed by atoms with van der Waals surface area (Å²) in [7, 11) is 0. The van der Waals surface area contributed by atoms with Crippen molar-refractivity contribution in [3.05, 3.63) is 53.2 Å². The van der Waals surface area contributed by atoms with Crippen molar-refractivity contribution in [2.75, 3.05) is 0 Å². The van der Waals surface area contributed by atoms with E-state index < -0.39 is 40.8 Å². The number of rotatable bonds is 3. The van der Waals surface area contributed by atoms with Crippen LogP contribution in [-0.4, -0.2) is 10.9 Å². The first-order valence-electron chi connectivity index (χ1n) is 5.17. The number of carbonyl (C=O) groups excluding carboxylic acids is 1. The minimum atomic E-state index is -2.03. The SMILES string of the molecule is NC(=O)c1cccnc1Oc1cc(F)c(F)c(F)c1F. The van der Waals surface area contributed by atoms with E-state index in [0.29, 0.717) is 6.07 Å². The topological polar surface area (TPSA) is 65.2 Å². The van der Waals surface area contributed by atoms with Gasteiger partial charge in [0.25, 0.3) is 5.91 Å². The van der Waals surface area contributed by atoms with Gasteiger partial charge in [0, 0.05) is 12.3 Å². The van der Waals surface area contributed by atoms with E-state index in [0.717, 1.165) is 0 Å². The summed E-state index contributed by atoms with van der Waals surface area (Å²) in [4.78, 5) is 14.7. The molecule has 20 heavy (non-hydrogen) atoms. The number of primary amides is 1. The molecule has 104 valence electrons. The standard InChI is InChI=1S/C12H6F4N2O2/c13-6-4-7(9(15)10(16)8(6)14)20-12-5(11(17)19)2-1-3-18-12/h1-4H,(H2,17,19). The molecule has 0 atom stereocenters. The third-order valence-electron chi connectivity index (χ3n) is 2.31. The maximum Gasteiger partial charge on any atom is 0.254 e. The maximum absolute atomic E-state index is 13.4. The Bertz CT molecular complexity index is 691. The number of nitrogens with zero attached hydrogens (tertiary/aromatic N) is 1. The second-order valence-corrected chi connectivity index (χ2v) is 3.62. The molecule has 0 saturated heterocycles. The van der Waals surface area contributed by atoms with Crippen molar-refractivity contribution in [2.45, 2.75) is 0 Å². The van der Waals surface area contributed by atoms with Gasteiger partial charge in [-0.15, -0.1) is 0 Å². The summed E-state index contributed by atoms with van der Waals surface area (Å²) in [6, 6.07) is 2.88. The summed E-state index contributed by atoms with van der Waals surface area (Å²) in [5, 5.41) is 0.